The van der Waals surface area contributed by atoms with Crippen LogP contribution in [-0.2, 0) is 4.57 Å². The molecule has 0 aliphatic rings. The number of anilines is 1. The van der Waals surface area contributed by atoms with E-state index < -0.39 is 12.9 Å². The minimum Gasteiger partial charge on any atom is -0.384 e. The van der Waals surface area contributed by atoms with E-state index >= 15 is 0 Å². The average Bonchev–Trinajstić information content (AvgIpc) is 2.28. The first kappa shape index (κ1) is 14.3. The number of nitrogens with one attached hydrogen (secondary N) is 1. The first-order chi connectivity index (χ1) is 8.27. The van der Waals surface area contributed by atoms with Crippen LogP contribution in [0.15, 0.2) is 24.3 Å². The van der Waals surface area contributed by atoms with Crippen LogP contribution in [-0.4, -0.2) is 30.2 Å². The predicted molar refractivity (Wildman–Crippen MR) is 73.8 cm³/mol. The molecule has 4 N–H and O–H groups in total. The highest BCUT2D eigenvalue weighted by Gasteiger charge is 2.27. The molecule has 6 heteroatoms. The van der Waals surface area contributed by atoms with E-state index in [9.17, 15) is 9.77 Å². The van der Waals surface area contributed by atoms with Crippen LogP contribution in [0, 0.1) is 17.8 Å². The van der Waals surface area contributed by atoms with Gasteiger partial charge in [-0.15, -0.1) is 6.42 Å². The highest BCUT2D eigenvalue weighted by molar-refractivity contribution is 7.63. The van der Waals surface area contributed by atoms with Crippen molar-refractivity contribution in [1.29, 1.82) is 5.41 Å². The molecule has 0 bridgehead atoms. The van der Waals surface area contributed by atoms with Crippen LogP contribution in [0.5, 0.6) is 0 Å². The lowest BCUT2D eigenvalue weighted by Crippen LogP contribution is -2.30. The summed E-state index contributed by atoms with van der Waals surface area (Å²) < 4.78 is 12.0. The van der Waals surface area contributed by atoms with Gasteiger partial charge in [0, 0.05) is 5.56 Å². The van der Waals surface area contributed by atoms with E-state index in [1.807, 2.05) is 0 Å². The summed E-state index contributed by atoms with van der Waals surface area (Å²) in [4.78, 5) is 0. The summed E-state index contributed by atoms with van der Waals surface area (Å²) in [6.45, 7) is 3.02. The van der Waals surface area contributed by atoms with E-state index in [2.05, 4.69) is 5.92 Å². The van der Waals surface area contributed by atoms with Crippen LogP contribution >= 0.6 is 7.14 Å². The largest absolute Gasteiger partial charge is 0.384 e. The Labute approximate surface area is 106 Å². The zero-order valence-corrected chi connectivity index (χ0v) is 11.2. The van der Waals surface area contributed by atoms with Gasteiger partial charge in [0.05, 0.1) is 5.69 Å². The summed E-state index contributed by atoms with van der Waals surface area (Å²) in [5, 5.41) is 18.1. The van der Waals surface area contributed by atoms with Gasteiger partial charge in [-0.2, -0.15) is 0 Å². The fraction of sp³-hybridized carbons (Fsp3) is 0.250. The third kappa shape index (κ3) is 3.13. The molecule has 1 unspecified atom stereocenters. The molecule has 0 saturated heterocycles. The quantitative estimate of drug-likeness (QED) is 0.254. The molecule has 18 heavy (non-hydrogen) atoms. The molecular formula is C12H16N3O2P. The Balaban J connectivity index is 3.15. The van der Waals surface area contributed by atoms with Crippen molar-refractivity contribution in [3.8, 4) is 12.3 Å². The number of rotatable bonds is 4. The van der Waals surface area contributed by atoms with Crippen LogP contribution in [0.1, 0.15) is 5.56 Å². The van der Waals surface area contributed by atoms with Gasteiger partial charge in [0.2, 0.25) is 0 Å². The van der Waals surface area contributed by atoms with Crippen molar-refractivity contribution in [3.05, 3.63) is 29.8 Å². The number of hydrogen-bond donors (Lipinski definition) is 3. The van der Waals surface area contributed by atoms with Crippen LogP contribution in [0.25, 0.3) is 0 Å². The second-order valence-electron chi connectivity index (χ2n) is 4.28. The molecule has 1 aromatic rings. The molecule has 0 fully saturated rings. The molecule has 1 rings (SSSR count). The van der Waals surface area contributed by atoms with Gasteiger partial charge in [0.25, 0.3) is 0 Å². The van der Waals surface area contributed by atoms with Gasteiger partial charge in [-0.3, -0.25) is 10.6 Å². The van der Waals surface area contributed by atoms with Crippen LogP contribution in [0.2, 0.25) is 0 Å². The van der Waals surface area contributed by atoms with Gasteiger partial charge in [-0.25, -0.2) is 5.06 Å². The zero-order valence-electron chi connectivity index (χ0n) is 10.3. The number of nitrogens with two attached hydrogens (primary N) is 1. The summed E-state index contributed by atoms with van der Waals surface area (Å²) >= 11 is 0. The molecule has 0 aliphatic carbocycles. The van der Waals surface area contributed by atoms with E-state index in [0.717, 1.165) is 5.06 Å². The van der Waals surface area contributed by atoms with Crippen molar-refractivity contribution in [1.82, 2.24) is 0 Å². The van der Waals surface area contributed by atoms with Crippen molar-refractivity contribution < 1.29 is 9.77 Å². The molecule has 1 atom stereocenters. The van der Waals surface area contributed by atoms with Crippen molar-refractivity contribution in [2.24, 2.45) is 5.73 Å². The topological polar surface area (TPSA) is 90.4 Å². The maximum atomic E-state index is 12.0. The van der Waals surface area contributed by atoms with E-state index in [-0.39, 0.29) is 5.84 Å². The number of hydroxylamine groups is 1. The van der Waals surface area contributed by atoms with Gasteiger partial charge in [0.1, 0.15) is 13.0 Å². The van der Waals surface area contributed by atoms with E-state index in [1.165, 1.54) is 19.4 Å². The van der Waals surface area contributed by atoms with E-state index in [1.54, 1.807) is 18.2 Å². The molecule has 0 saturated carbocycles. The van der Waals surface area contributed by atoms with Crippen molar-refractivity contribution >= 4 is 18.7 Å². The van der Waals surface area contributed by atoms with Gasteiger partial charge >= 0.3 is 0 Å². The number of nitrogen functional groups attached to an aromatic ring is 1. The Morgan fingerprint density at radius 3 is 2.67 bits per heavy atom. The SMILES string of the molecule is C#CC(N(O)c1cccc(C(=N)N)c1)P(C)(C)=O. The molecule has 0 aromatic heterocycles. The minimum absolute atomic E-state index is 0.112. The van der Waals surface area contributed by atoms with Crippen LogP contribution in [0.3, 0.4) is 0 Å². The Morgan fingerprint density at radius 1 is 1.61 bits per heavy atom. The molecule has 0 amide bonds. The summed E-state index contributed by atoms with van der Waals surface area (Å²) in [6, 6.07) is 6.40. The summed E-state index contributed by atoms with van der Waals surface area (Å²) in [5.74, 6) is 1.30. The second-order valence-corrected chi connectivity index (χ2v) is 7.64. The predicted octanol–water partition coefficient (Wildman–Crippen LogP) is 1.75. The fourth-order valence-corrected chi connectivity index (χ4v) is 2.49. The Bertz CT molecular complexity index is 544. The summed E-state index contributed by atoms with van der Waals surface area (Å²) in [7, 11) is -2.68. The second kappa shape index (κ2) is 5.26. The molecule has 5 nitrogen and oxygen atoms in total. The Hall–Kier alpha value is -1.76. The molecule has 0 spiro atoms. The fourth-order valence-electron chi connectivity index (χ4n) is 1.47. The lowest BCUT2D eigenvalue weighted by atomic mass is 10.2. The Kier molecular flexibility index (Phi) is 4.18. The van der Waals surface area contributed by atoms with Gasteiger partial charge in [0.15, 0.2) is 5.78 Å². The van der Waals surface area contributed by atoms with Crippen LogP contribution < -0.4 is 10.8 Å². The van der Waals surface area contributed by atoms with Gasteiger partial charge in [-0.1, -0.05) is 18.1 Å². The van der Waals surface area contributed by atoms with E-state index in [0.29, 0.717) is 11.3 Å². The lowest BCUT2D eigenvalue weighted by molar-refractivity contribution is 0.256. The molecule has 0 aliphatic heterocycles. The van der Waals surface area contributed by atoms with Crippen LogP contribution in [0.4, 0.5) is 5.69 Å². The van der Waals surface area contributed by atoms with E-state index in [4.69, 9.17) is 17.6 Å². The standard InChI is InChI=1S/C12H16N3O2P/c1-4-11(18(2,3)17)15(16)10-7-5-6-9(8-10)12(13)14/h1,5-8,11,16H,2-3H3,(H3,13,14). The van der Waals surface area contributed by atoms with Gasteiger partial charge in [-0.05, 0) is 25.5 Å². The molecule has 0 radical (unpaired) electrons. The maximum absolute atomic E-state index is 12.0. The zero-order chi connectivity index (χ0) is 13.9. The normalized spacial score (nSPS) is 12.6. The third-order valence-corrected chi connectivity index (χ3v) is 3.94. The highest BCUT2D eigenvalue weighted by Crippen LogP contribution is 2.44. The monoisotopic (exact) mass is 265 g/mol. The molecular weight excluding hydrogens is 249 g/mol. The summed E-state index contributed by atoms with van der Waals surface area (Å²) in [5.41, 5.74) is 6.18. The van der Waals surface area contributed by atoms with Crippen molar-refractivity contribution in [2.75, 3.05) is 18.4 Å². The highest BCUT2D eigenvalue weighted by atomic mass is 31.2. The number of terminal acetylenes is 1. The Morgan fingerprint density at radius 2 is 2.22 bits per heavy atom. The average molecular weight is 265 g/mol. The van der Waals surface area contributed by atoms with Crippen molar-refractivity contribution in [3.63, 3.8) is 0 Å². The number of nitrogens with zero attached hydrogens (tertiary/aromatic N) is 1. The number of amidine groups is 1. The minimum atomic E-state index is -2.68. The molecule has 96 valence electrons. The number of benzene rings is 1. The first-order valence-electron chi connectivity index (χ1n) is 5.20. The smallest absolute Gasteiger partial charge is 0.168 e. The van der Waals surface area contributed by atoms with Crippen molar-refractivity contribution in [2.45, 2.75) is 5.78 Å². The lowest BCUT2D eigenvalue weighted by Gasteiger charge is -2.26. The maximum Gasteiger partial charge on any atom is 0.168 e. The third-order valence-electron chi connectivity index (χ3n) is 2.39. The van der Waals surface area contributed by atoms with Gasteiger partial charge < -0.3 is 10.3 Å². The molecule has 0 heterocycles. The molecule has 1 aromatic carbocycles. The number of hydrogen-bond acceptors (Lipinski definition) is 4. The first-order valence-corrected chi connectivity index (χ1v) is 7.87. The summed E-state index contributed by atoms with van der Waals surface area (Å²) in [6.07, 6.45) is 5.30.